The maximum atomic E-state index is 14.3. The number of nitrogens with one attached hydrogen (secondary N) is 2. The van der Waals surface area contributed by atoms with Gasteiger partial charge in [0.15, 0.2) is 5.78 Å². The van der Waals surface area contributed by atoms with Crippen LogP contribution in [0.3, 0.4) is 0 Å². The van der Waals surface area contributed by atoms with Crippen LogP contribution < -0.4 is 21.1 Å². The minimum Gasteiger partial charge on any atom is -0.484 e. The van der Waals surface area contributed by atoms with Crippen LogP contribution in [-0.2, 0) is 14.3 Å². The fraction of sp³-hybridized carbons (Fsp3) is 0.471. The zero-order chi connectivity index (χ0) is 32.3. The summed E-state index contributed by atoms with van der Waals surface area (Å²) < 4.78 is 11.8. The van der Waals surface area contributed by atoms with E-state index in [-0.39, 0.29) is 31.1 Å². The Labute approximate surface area is 259 Å². The van der Waals surface area contributed by atoms with Crippen molar-refractivity contribution in [1.29, 1.82) is 0 Å². The number of rotatable bonds is 7. The van der Waals surface area contributed by atoms with Crippen LogP contribution in [-0.4, -0.2) is 64.5 Å². The summed E-state index contributed by atoms with van der Waals surface area (Å²) in [7, 11) is 0. The number of ether oxygens (including phenoxy) is 2. The van der Waals surface area contributed by atoms with Crippen LogP contribution >= 0.6 is 0 Å². The molecular formula is C34H44N4O6. The smallest absolute Gasteiger partial charge is 0.408 e. The van der Waals surface area contributed by atoms with Gasteiger partial charge >= 0.3 is 6.09 Å². The largest absolute Gasteiger partial charge is 0.484 e. The molecule has 2 aliphatic rings. The average Bonchev–Trinajstić information content (AvgIpc) is 2.94. The second kappa shape index (κ2) is 12.7. The first kappa shape index (κ1) is 32.6. The summed E-state index contributed by atoms with van der Waals surface area (Å²) in [4.78, 5) is 55.2. The van der Waals surface area contributed by atoms with Gasteiger partial charge in [0.2, 0.25) is 11.8 Å². The second-order valence-corrected chi connectivity index (χ2v) is 13.2. The van der Waals surface area contributed by atoms with Gasteiger partial charge in [-0.25, -0.2) is 4.79 Å². The normalized spacial score (nSPS) is 19.5. The number of aryl methyl sites for hydroxylation is 1. The summed E-state index contributed by atoms with van der Waals surface area (Å²) in [6.45, 7) is 10.9. The van der Waals surface area contributed by atoms with Crippen molar-refractivity contribution >= 4 is 29.3 Å². The van der Waals surface area contributed by atoms with Crippen molar-refractivity contribution in [1.82, 2.24) is 15.5 Å². The lowest BCUT2D eigenvalue weighted by atomic mass is 9.83. The number of piperidine rings is 1. The molecule has 0 radical (unpaired) electrons. The highest BCUT2D eigenvalue weighted by Crippen LogP contribution is 2.38. The first-order valence-corrected chi connectivity index (χ1v) is 15.0. The third-order valence-corrected chi connectivity index (χ3v) is 7.95. The Balaban J connectivity index is 1.60. The van der Waals surface area contributed by atoms with Crippen molar-refractivity contribution < 1.29 is 28.7 Å². The predicted octanol–water partition coefficient (Wildman–Crippen LogP) is 4.50. The standard InChI is InChI=1S/C34H44N4O6/c1-22-12-7-8-13-24(22)23(20-35)18-26(36-30(41)33(5,6)37-31(42)44-32(2,3)4)29(40)38-17-11-16-34(21-38)19-27(39)25-14-9-10-15-28(25)43-34/h7-10,12-15,20,26H,11,16-19,21,35H2,1-6H3,(H,36,41)(H,37,42)/b23-20-/t26-,34?/m1/s1. The molecule has 0 saturated carbocycles. The quantitative estimate of drug-likeness (QED) is 0.423. The number of likely N-dealkylation sites (tertiary alicyclic amines) is 1. The average molecular weight is 605 g/mol. The van der Waals surface area contributed by atoms with Gasteiger partial charge in [-0.2, -0.15) is 0 Å². The molecule has 2 atom stereocenters. The van der Waals surface area contributed by atoms with Gasteiger partial charge in [-0.15, -0.1) is 0 Å². The van der Waals surface area contributed by atoms with Gasteiger partial charge in [0.1, 0.15) is 28.5 Å². The van der Waals surface area contributed by atoms with Gasteiger partial charge < -0.3 is 30.7 Å². The van der Waals surface area contributed by atoms with Crippen LogP contribution in [0.4, 0.5) is 4.79 Å². The van der Waals surface area contributed by atoms with Gasteiger partial charge in [-0.1, -0.05) is 36.4 Å². The highest BCUT2D eigenvalue weighted by molar-refractivity contribution is 6.00. The zero-order valence-electron chi connectivity index (χ0n) is 26.5. The number of fused-ring (bicyclic) bond motifs is 1. The molecule has 10 heteroatoms. The molecule has 0 bridgehead atoms. The Morgan fingerprint density at radius 3 is 2.45 bits per heavy atom. The Morgan fingerprint density at radius 1 is 1.09 bits per heavy atom. The number of benzene rings is 2. The van der Waals surface area contributed by atoms with Crippen molar-refractivity contribution in [3.63, 3.8) is 0 Å². The third-order valence-electron chi connectivity index (χ3n) is 7.95. The Hall–Kier alpha value is -4.34. The number of hydrogen-bond donors (Lipinski definition) is 3. The van der Waals surface area contributed by atoms with Crippen LogP contribution in [0, 0.1) is 6.92 Å². The first-order valence-electron chi connectivity index (χ1n) is 15.0. The van der Waals surface area contributed by atoms with E-state index in [4.69, 9.17) is 15.2 Å². The van der Waals surface area contributed by atoms with Gasteiger partial charge in [0, 0.05) is 13.0 Å². The van der Waals surface area contributed by atoms with Crippen LogP contribution in [0.2, 0.25) is 0 Å². The van der Waals surface area contributed by atoms with Crippen molar-refractivity contribution in [3.05, 3.63) is 71.4 Å². The van der Waals surface area contributed by atoms with E-state index in [1.807, 2.05) is 37.3 Å². The van der Waals surface area contributed by atoms with Gasteiger partial charge in [0.05, 0.1) is 18.5 Å². The summed E-state index contributed by atoms with van der Waals surface area (Å²) in [5.41, 5.74) is 6.14. The Morgan fingerprint density at radius 2 is 1.77 bits per heavy atom. The molecule has 2 aliphatic heterocycles. The van der Waals surface area contributed by atoms with Gasteiger partial charge in [-0.05, 0) is 89.4 Å². The molecular weight excluding hydrogens is 560 g/mol. The fourth-order valence-electron chi connectivity index (χ4n) is 5.75. The molecule has 4 N–H and O–H groups in total. The molecule has 1 fully saturated rings. The Kier molecular flexibility index (Phi) is 9.41. The SMILES string of the molecule is Cc1ccccc1/C(=C\N)C[C@@H](NC(=O)C(C)(C)NC(=O)OC(C)(C)C)C(=O)N1CCCC2(CC(=O)c3ccccc3O2)C1. The van der Waals surface area contributed by atoms with Crippen LogP contribution in [0.1, 0.15) is 81.8 Å². The molecule has 0 aliphatic carbocycles. The van der Waals surface area contributed by atoms with E-state index in [1.165, 1.54) is 6.20 Å². The molecule has 1 spiro atoms. The molecule has 2 aromatic rings. The van der Waals surface area contributed by atoms with E-state index in [2.05, 4.69) is 10.6 Å². The lowest BCUT2D eigenvalue weighted by molar-refractivity contribution is -0.142. The van der Waals surface area contributed by atoms with Crippen molar-refractivity contribution in [2.45, 2.75) is 90.0 Å². The van der Waals surface area contributed by atoms with E-state index < -0.39 is 34.8 Å². The topological polar surface area (TPSA) is 140 Å². The number of carbonyl (C=O) groups excluding carboxylic acids is 4. The van der Waals surface area contributed by atoms with Crippen molar-refractivity contribution in [2.24, 2.45) is 5.73 Å². The van der Waals surface area contributed by atoms with Gasteiger partial charge in [-0.3, -0.25) is 14.4 Å². The summed E-state index contributed by atoms with van der Waals surface area (Å²) in [6.07, 6.45) is 2.23. The molecule has 4 rings (SSSR count). The number of carbonyl (C=O) groups is 4. The number of nitrogens with zero attached hydrogens (tertiary/aromatic N) is 1. The van der Waals surface area contributed by atoms with Crippen molar-refractivity contribution in [2.75, 3.05) is 13.1 Å². The molecule has 0 aromatic heterocycles. The molecule has 2 heterocycles. The lowest BCUT2D eigenvalue weighted by Gasteiger charge is -2.45. The highest BCUT2D eigenvalue weighted by Gasteiger charge is 2.46. The lowest BCUT2D eigenvalue weighted by Crippen LogP contribution is -2.62. The third kappa shape index (κ3) is 7.59. The minimum atomic E-state index is -1.40. The summed E-state index contributed by atoms with van der Waals surface area (Å²) >= 11 is 0. The molecule has 3 amide bonds. The summed E-state index contributed by atoms with van der Waals surface area (Å²) in [5, 5.41) is 5.50. The van der Waals surface area contributed by atoms with Crippen LogP contribution in [0.5, 0.6) is 5.75 Å². The number of alkyl carbamates (subject to hydrolysis) is 1. The number of amides is 3. The second-order valence-electron chi connectivity index (χ2n) is 13.2. The first-order chi connectivity index (χ1) is 20.6. The highest BCUT2D eigenvalue weighted by atomic mass is 16.6. The monoisotopic (exact) mass is 604 g/mol. The molecule has 236 valence electrons. The van der Waals surface area contributed by atoms with Crippen LogP contribution in [0.25, 0.3) is 5.57 Å². The maximum Gasteiger partial charge on any atom is 0.408 e. The molecule has 44 heavy (non-hydrogen) atoms. The number of Topliss-reactive ketones (excluding diaryl/α,β-unsaturated/α-hetero) is 1. The predicted molar refractivity (Wildman–Crippen MR) is 168 cm³/mol. The Bertz CT molecular complexity index is 1460. The van der Waals surface area contributed by atoms with Crippen LogP contribution in [0.15, 0.2) is 54.7 Å². The minimum absolute atomic E-state index is 0.0196. The van der Waals surface area contributed by atoms with E-state index >= 15 is 0 Å². The summed E-state index contributed by atoms with van der Waals surface area (Å²) in [6, 6.07) is 13.8. The molecule has 1 unspecified atom stereocenters. The molecule has 10 nitrogen and oxygen atoms in total. The van der Waals surface area contributed by atoms with E-state index in [0.717, 1.165) is 11.1 Å². The molecule has 1 saturated heterocycles. The number of hydrogen-bond acceptors (Lipinski definition) is 7. The molecule has 2 aromatic carbocycles. The summed E-state index contributed by atoms with van der Waals surface area (Å²) in [5.74, 6) is -0.388. The number of para-hydroxylation sites is 1. The number of ketones is 1. The van der Waals surface area contributed by atoms with E-state index in [0.29, 0.717) is 36.3 Å². The van der Waals surface area contributed by atoms with E-state index in [1.54, 1.807) is 57.7 Å². The number of nitrogens with two attached hydrogens (primary N) is 1. The maximum absolute atomic E-state index is 14.3. The zero-order valence-corrected chi connectivity index (χ0v) is 26.5. The fourth-order valence-corrected chi connectivity index (χ4v) is 5.75. The van der Waals surface area contributed by atoms with Crippen molar-refractivity contribution in [3.8, 4) is 5.75 Å². The van der Waals surface area contributed by atoms with E-state index in [9.17, 15) is 19.2 Å². The van der Waals surface area contributed by atoms with Gasteiger partial charge in [0.25, 0.3) is 0 Å².